The van der Waals surface area contributed by atoms with Gasteiger partial charge in [0.1, 0.15) is 0 Å². The molecule has 1 rings (SSSR count). The Hall–Kier alpha value is -0.770. The summed E-state index contributed by atoms with van der Waals surface area (Å²) in [4.78, 5) is 14.4. The van der Waals surface area contributed by atoms with Crippen LogP contribution in [0.3, 0.4) is 0 Å². The molecule has 8 heteroatoms. The summed E-state index contributed by atoms with van der Waals surface area (Å²) in [5.41, 5.74) is 0. The van der Waals surface area contributed by atoms with Gasteiger partial charge in [0.2, 0.25) is 0 Å². The van der Waals surface area contributed by atoms with Crippen LogP contribution in [-0.4, -0.2) is 102 Å². The second kappa shape index (κ2) is 13.4. The fourth-order valence-corrected chi connectivity index (χ4v) is 2.80. The molecule has 1 heterocycles. The van der Waals surface area contributed by atoms with Crippen molar-refractivity contribution in [1.82, 2.24) is 10.2 Å². The van der Waals surface area contributed by atoms with E-state index >= 15 is 0 Å². The van der Waals surface area contributed by atoms with Gasteiger partial charge in [-0.15, -0.1) is 0 Å². The molecule has 1 amide bonds. The highest BCUT2D eigenvalue weighted by atomic mass is 16.5. The lowest BCUT2D eigenvalue weighted by Gasteiger charge is -2.34. The first-order valence-corrected chi connectivity index (χ1v) is 8.92. The van der Waals surface area contributed by atoms with E-state index < -0.39 is 12.2 Å². The molecule has 3 unspecified atom stereocenters. The van der Waals surface area contributed by atoms with E-state index in [4.69, 9.17) is 18.9 Å². The molecule has 0 radical (unpaired) electrons. The summed E-state index contributed by atoms with van der Waals surface area (Å²) in [5.74, 6) is -0.273. The number of nitrogens with one attached hydrogen (secondary N) is 1. The lowest BCUT2D eigenvalue weighted by Crippen LogP contribution is -2.50. The van der Waals surface area contributed by atoms with E-state index in [9.17, 15) is 9.90 Å². The summed E-state index contributed by atoms with van der Waals surface area (Å²) in [6.45, 7) is 4.68. The number of hydrogen-bond acceptors (Lipinski definition) is 7. The predicted octanol–water partition coefficient (Wildman–Crippen LogP) is -0.358. The first-order valence-electron chi connectivity index (χ1n) is 8.92. The first-order chi connectivity index (χ1) is 12.1. The van der Waals surface area contributed by atoms with Crippen molar-refractivity contribution < 1.29 is 28.8 Å². The number of carbonyl (C=O) groups is 1. The molecule has 0 aromatic rings. The van der Waals surface area contributed by atoms with Crippen LogP contribution < -0.4 is 5.32 Å². The first kappa shape index (κ1) is 22.3. The van der Waals surface area contributed by atoms with E-state index in [0.717, 1.165) is 32.5 Å². The second-order valence-corrected chi connectivity index (χ2v) is 6.22. The minimum Gasteiger partial charge on any atom is -0.390 e. The highest BCUT2D eigenvalue weighted by molar-refractivity contribution is 5.81. The molecule has 8 nitrogen and oxygen atoms in total. The molecule has 3 atom stereocenters. The Morgan fingerprint density at radius 3 is 2.32 bits per heavy atom. The van der Waals surface area contributed by atoms with Gasteiger partial charge in [-0.3, -0.25) is 9.69 Å². The Labute approximate surface area is 150 Å². The van der Waals surface area contributed by atoms with Crippen LogP contribution in [0.2, 0.25) is 0 Å². The van der Waals surface area contributed by atoms with Gasteiger partial charge < -0.3 is 29.4 Å². The van der Waals surface area contributed by atoms with Crippen LogP contribution in [-0.2, 0) is 23.7 Å². The van der Waals surface area contributed by atoms with Gasteiger partial charge in [0.15, 0.2) is 6.10 Å². The van der Waals surface area contributed by atoms with E-state index in [1.54, 1.807) is 21.3 Å². The minimum atomic E-state index is -0.804. The maximum absolute atomic E-state index is 12.2. The van der Waals surface area contributed by atoms with Crippen molar-refractivity contribution in [3.63, 3.8) is 0 Å². The Kier molecular flexibility index (Phi) is 12.0. The third kappa shape index (κ3) is 8.94. The molecule has 1 fully saturated rings. The second-order valence-electron chi connectivity index (χ2n) is 6.22. The van der Waals surface area contributed by atoms with Crippen LogP contribution in [0.25, 0.3) is 0 Å². The van der Waals surface area contributed by atoms with Crippen molar-refractivity contribution in [2.45, 2.75) is 37.6 Å². The van der Waals surface area contributed by atoms with Crippen LogP contribution in [0.4, 0.5) is 0 Å². The highest BCUT2D eigenvalue weighted by Gasteiger charge is 2.34. The average Bonchev–Trinajstić information content (AvgIpc) is 2.62. The number of ether oxygens (including phenoxy) is 4. The topological polar surface area (TPSA) is 89.5 Å². The fraction of sp³-hybridized carbons (Fsp3) is 0.941. The number of rotatable bonds is 13. The summed E-state index contributed by atoms with van der Waals surface area (Å²) in [6.07, 6.45) is 0.546. The van der Waals surface area contributed by atoms with Gasteiger partial charge in [0.05, 0.1) is 32.0 Å². The largest absolute Gasteiger partial charge is 0.390 e. The number of nitrogens with zero attached hydrogens (tertiary/aromatic N) is 1. The van der Waals surface area contributed by atoms with Gasteiger partial charge in [0, 0.05) is 47.5 Å². The van der Waals surface area contributed by atoms with Gasteiger partial charge in [-0.2, -0.15) is 0 Å². The van der Waals surface area contributed by atoms with Gasteiger partial charge >= 0.3 is 0 Å². The highest BCUT2D eigenvalue weighted by Crippen LogP contribution is 2.22. The molecular weight excluding hydrogens is 328 g/mol. The maximum atomic E-state index is 12.2. The van der Waals surface area contributed by atoms with Gasteiger partial charge in [-0.1, -0.05) is 0 Å². The Morgan fingerprint density at radius 2 is 1.72 bits per heavy atom. The van der Waals surface area contributed by atoms with Crippen molar-refractivity contribution >= 4 is 5.91 Å². The molecule has 2 N–H and O–H groups in total. The maximum Gasteiger partial charge on any atom is 0.251 e. The van der Waals surface area contributed by atoms with Crippen molar-refractivity contribution in [3.05, 3.63) is 0 Å². The SMILES string of the molecule is COCCNC(=O)C1OC(CCN(CCOC)CCOC)CCC1O. The third-order valence-electron chi connectivity index (χ3n) is 4.33. The molecule has 0 aromatic carbocycles. The van der Waals surface area contributed by atoms with Crippen LogP contribution in [0, 0.1) is 0 Å². The van der Waals surface area contributed by atoms with Crippen LogP contribution >= 0.6 is 0 Å². The van der Waals surface area contributed by atoms with Crippen LogP contribution in [0.1, 0.15) is 19.3 Å². The summed E-state index contributed by atoms with van der Waals surface area (Å²) in [7, 11) is 4.95. The smallest absolute Gasteiger partial charge is 0.251 e. The number of amides is 1. The number of carbonyl (C=O) groups excluding carboxylic acids is 1. The normalized spacial score (nSPS) is 23.8. The summed E-state index contributed by atoms with van der Waals surface area (Å²) >= 11 is 0. The van der Waals surface area contributed by atoms with Crippen molar-refractivity contribution in [2.24, 2.45) is 0 Å². The molecule has 1 aliphatic heterocycles. The van der Waals surface area contributed by atoms with Crippen molar-refractivity contribution in [3.8, 4) is 0 Å². The molecule has 148 valence electrons. The Bertz CT molecular complexity index is 350. The standard InChI is InChI=1S/C17H34N2O6/c1-22-11-7-18-17(21)16-15(20)5-4-14(25-16)6-8-19(9-12-23-2)10-13-24-3/h14-16,20H,4-13H2,1-3H3,(H,18,21). The van der Waals surface area contributed by atoms with Gasteiger partial charge in [-0.05, 0) is 19.3 Å². The summed E-state index contributed by atoms with van der Waals surface area (Å²) in [5, 5.41) is 12.8. The van der Waals surface area contributed by atoms with E-state index in [-0.39, 0.29) is 12.0 Å². The Balaban J connectivity index is 2.42. The molecule has 1 aliphatic rings. The van der Waals surface area contributed by atoms with Crippen LogP contribution in [0.5, 0.6) is 0 Å². The molecular formula is C17H34N2O6. The number of aliphatic hydroxyl groups excluding tert-OH is 1. The average molecular weight is 362 g/mol. The van der Waals surface area contributed by atoms with Crippen LogP contribution in [0.15, 0.2) is 0 Å². The predicted molar refractivity (Wildman–Crippen MR) is 93.6 cm³/mol. The molecule has 0 saturated carbocycles. The van der Waals surface area contributed by atoms with Crippen molar-refractivity contribution in [1.29, 1.82) is 0 Å². The van der Waals surface area contributed by atoms with E-state index in [2.05, 4.69) is 10.2 Å². The molecule has 25 heavy (non-hydrogen) atoms. The van der Waals surface area contributed by atoms with Gasteiger partial charge in [0.25, 0.3) is 5.91 Å². The minimum absolute atomic E-state index is 0.0332. The van der Waals surface area contributed by atoms with E-state index in [1.165, 1.54) is 0 Å². The third-order valence-corrected chi connectivity index (χ3v) is 4.33. The number of methoxy groups -OCH3 is 3. The number of aliphatic hydroxyl groups is 1. The fourth-order valence-electron chi connectivity index (χ4n) is 2.80. The zero-order chi connectivity index (χ0) is 18.5. The summed E-state index contributed by atoms with van der Waals surface area (Å²) in [6, 6.07) is 0. The zero-order valence-electron chi connectivity index (χ0n) is 15.7. The molecule has 1 saturated heterocycles. The monoisotopic (exact) mass is 362 g/mol. The Morgan fingerprint density at radius 1 is 1.08 bits per heavy atom. The van der Waals surface area contributed by atoms with E-state index in [0.29, 0.717) is 32.8 Å². The van der Waals surface area contributed by atoms with Gasteiger partial charge in [-0.25, -0.2) is 0 Å². The van der Waals surface area contributed by atoms with Crippen molar-refractivity contribution in [2.75, 3.05) is 67.3 Å². The quantitative estimate of drug-likeness (QED) is 0.433. The molecule has 0 aromatic heterocycles. The zero-order valence-corrected chi connectivity index (χ0v) is 15.7. The summed E-state index contributed by atoms with van der Waals surface area (Å²) < 4.78 is 21.1. The number of hydrogen-bond donors (Lipinski definition) is 2. The molecule has 0 aliphatic carbocycles. The lowest BCUT2D eigenvalue weighted by molar-refractivity contribution is -0.158. The lowest BCUT2D eigenvalue weighted by atomic mass is 9.98. The molecule has 0 spiro atoms. The molecule has 0 bridgehead atoms. The van der Waals surface area contributed by atoms with E-state index in [1.807, 2.05) is 0 Å².